The van der Waals surface area contributed by atoms with Gasteiger partial charge in [0.15, 0.2) is 6.10 Å². The monoisotopic (exact) mass is 317 g/mol. The van der Waals surface area contributed by atoms with Crippen LogP contribution >= 0.6 is 0 Å². The van der Waals surface area contributed by atoms with E-state index in [-0.39, 0.29) is 36.7 Å². The summed E-state index contributed by atoms with van der Waals surface area (Å²) in [7, 11) is 0. The summed E-state index contributed by atoms with van der Waals surface area (Å²) < 4.78 is 59.2. The van der Waals surface area contributed by atoms with Crippen LogP contribution < -0.4 is 14.8 Å². The van der Waals surface area contributed by atoms with Gasteiger partial charge in [-0.3, -0.25) is 0 Å². The molecule has 2 rings (SSSR count). The van der Waals surface area contributed by atoms with Crippen molar-refractivity contribution in [1.82, 2.24) is 10.3 Å². The van der Waals surface area contributed by atoms with Crippen LogP contribution in [-0.2, 0) is 18.6 Å². The standard InChI is InChI=1S/C10H10F4N2O2.V/c11-9(12)17-6-1-2-8(16-3-6)18-7-4-15-5-10(7,13)14;/h1-3,7,9,15H,4-5H2;/t7-;/m0./s1. The van der Waals surface area contributed by atoms with Crippen LogP contribution in [0.15, 0.2) is 18.3 Å². The third kappa shape index (κ3) is 4.26. The Bertz CT molecular complexity index is 405. The van der Waals surface area contributed by atoms with E-state index in [1.807, 2.05) is 0 Å². The molecule has 1 aliphatic heterocycles. The van der Waals surface area contributed by atoms with Crippen molar-refractivity contribution in [1.29, 1.82) is 0 Å². The molecule has 1 aromatic heterocycles. The second kappa shape index (κ2) is 6.45. The molecule has 0 unspecified atom stereocenters. The van der Waals surface area contributed by atoms with Gasteiger partial charge in [-0.15, -0.1) is 0 Å². The summed E-state index contributed by atoms with van der Waals surface area (Å²) in [5, 5.41) is 2.49. The van der Waals surface area contributed by atoms with Crippen molar-refractivity contribution in [3.05, 3.63) is 18.3 Å². The molecule has 1 fully saturated rings. The first kappa shape index (κ1) is 16.1. The molecular weight excluding hydrogens is 307 g/mol. The number of nitrogens with zero attached hydrogens (tertiary/aromatic N) is 1. The van der Waals surface area contributed by atoms with Gasteiger partial charge in [-0.25, -0.2) is 13.8 Å². The van der Waals surface area contributed by atoms with Crippen molar-refractivity contribution in [2.45, 2.75) is 18.6 Å². The van der Waals surface area contributed by atoms with E-state index in [4.69, 9.17) is 4.74 Å². The maximum Gasteiger partial charge on any atom is 0.387 e. The second-order valence-electron chi connectivity index (χ2n) is 3.71. The van der Waals surface area contributed by atoms with E-state index in [1.54, 1.807) is 0 Å². The molecule has 1 N–H and O–H groups in total. The van der Waals surface area contributed by atoms with E-state index in [9.17, 15) is 17.6 Å². The number of ether oxygens (including phenoxy) is 2. The Morgan fingerprint density at radius 2 is 2.11 bits per heavy atom. The number of rotatable bonds is 4. The number of pyridine rings is 1. The third-order valence-electron chi connectivity index (χ3n) is 2.36. The van der Waals surface area contributed by atoms with Gasteiger partial charge in [0.1, 0.15) is 5.75 Å². The summed E-state index contributed by atoms with van der Waals surface area (Å²) in [6.07, 6.45) is -0.325. The van der Waals surface area contributed by atoms with E-state index in [0.717, 1.165) is 6.20 Å². The summed E-state index contributed by atoms with van der Waals surface area (Å²) in [6.45, 7) is -3.41. The topological polar surface area (TPSA) is 43.4 Å². The van der Waals surface area contributed by atoms with Gasteiger partial charge in [-0.2, -0.15) is 8.78 Å². The zero-order valence-electron chi connectivity index (χ0n) is 9.52. The van der Waals surface area contributed by atoms with Crippen LogP contribution in [0, 0.1) is 0 Å². The molecule has 0 aromatic carbocycles. The molecule has 1 saturated heterocycles. The van der Waals surface area contributed by atoms with Gasteiger partial charge >= 0.3 is 6.61 Å². The van der Waals surface area contributed by atoms with Crippen molar-refractivity contribution < 1.29 is 45.6 Å². The molecule has 0 aliphatic carbocycles. The second-order valence-corrected chi connectivity index (χ2v) is 3.71. The molecule has 4 nitrogen and oxygen atoms in total. The van der Waals surface area contributed by atoms with Crippen molar-refractivity contribution in [2.75, 3.05) is 13.1 Å². The van der Waals surface area contributed by atoms with Gasteiger partial charge in [0, 0.05) is 31.2 Å². The van der Waals surface area contributed by atoms with Crippen molar-refractivity contribution in [2.24, 2.45) is 0 Å². The molecule has 19 heavy (non-hydrogen) atoms. The van der Waals surface area contributed by atoms with Crippen LogP contribution in [-0.4, -0.2) is 36.7 Å². The number of aromatic nitrogens is 1. The Balaban J connectivity index is 0.00000180. The fourth-order valence-corrected chi connectivity index (χ4v) is 1.52. The predicted octanol–water partition coefficient (Wildman–Crippen LogP) is 1.67. The summed E-state index contributed by atoms with van der Waals surface area (Å²) in [4.78, 5) is 3.62. The Kier molecular flexibility index (Phi) is 5.45. The fraction of sp³-hybridized carbons (Fsp3) is 0.500. The van der Waals surface area contributed by atoms with Crippen LogP contribution in [0.25, 0.3) is 0 Å². The van der Waals surface area contributed by atoms with E-state index in [1.165, 1.54) is 12.1 Å². The fourth-order valence-electron chi connectivity index (χ4n) is 1.52. The van der Waals surface area contributed by atoms with Crippen molar-refractivity contribution in [3.8, 4) is 11.6 Å². The van der Waals surface area contributed by atoms with Crippen LogP contribution in [0.4, 0.5) is 17.6 Å². The van der Waals surface area contributed by atoms with Gasteiger partial charge < -0.3 is 14.8 Å². The first-order valence-corrected chi connectivity index (χ1v) is 5.13. The molecule has 1 radical (unpaired) electrons. The van der Waals surface area contributed by atoms with E-state index in [0.29, 0.717) is 0 Å². The average molecular weight is 317 g/mol. The molecule has 0 amide bonds. The Morgan fingerprint density at radius 3 is 2.58 bits per heavy atom. The summed E-state index contributed by atoms with van der Waals surface area (Å²) in [5.74, 6) is -3.20. The molecule has 0 spiro atoms. The number of hydrogen-bond donors (Lipinski definition) is 1. The SMILES string of the molecule is FC(F)Oc1ccc(O[C@H]2CNCC2(F)F)nc1.[V]. The smallest absolute Gasteiger partial charge is 0.387 e. The summed E-state index contributed by atoms with van der Waals surface area (Å²) in [6, 6.07) is 2.38. The normalized spacial score (nSPS) is 21.0. The van der Waals surface area contributed by atoms with Crippen molar-refractivity contribution in [3.63, 3.8) is 0 Å². The minimum atomic E-state index is -2.97. The quantitative estimate of drug-likeness (QED) is 0.858. The largest absolute Gasteiger partial charge is 0.466 e. The first-order valence-electron chi connectivity index (χ1n) is 5.13. The molecule has 9 heteroatoms. The zero-order valence-corrected chi connectivity index (χ0v) is 10.9. The Morgan fingerprint density at radius 1 is 1.37 bits per heavy atom. The van der Waals surface area contributed by atoms with Crippen LogP contribution in [0.2, 0.25) is 0 Å². The molecule has 1 aromatic rings. The van der Waals surface area contributed by atoms with Crippen LogP contribution in [0.5, 0.6) is 11.6 Å². The third-order valence-corrected chi connectivity index (χ3v) is 2.36. The van der Waals surface area contributed by atoms with Gasteiger partial charge in [-0.05, 0) is 6.07 Å². The molecule has 1 aliphatic rings. The van der Waals surface area contributed by atoms with E-state index < -0.39 is 25.2 Å². The molecule has 0 saturated carbocycles. The summed E-state index contributed by atoms with van der Waals surface area (Å²) >= 11 is 0. The first-order chi connectivity index (χ1) is 8.47. The van der Waals surface area contributed by atoms with Crippen LogP contribution in [0.1, 0.15) is 0 Å². The van der Waals surface area contributed by atoms with Gasteiger partial charge in [0.2, 0.25) is 5.88 Å². The number of hydrogen-bond acceptors (Lipinski definition) is 4. The molecular formula is C10H10F4N2O2V. The van der Waals surface area contributed by atoms with Gasteiger partial charge in [-0.1, -0.05) is 0 Å². The van der Waals surface area contributed by atoms with E-state index >= 15 is 0 Å². The number of halogens is 4. The summed E-state index contributed by atoms with van der Waals surface area (Å²) in [5.41, 5.74) is 0. The Hall–Kier alpha value is -0.986. The van der Waals surface area contributed by atoms with E-state index in [2.05, 4.69) is 15.0 Å². The minimum Gasteiger partial charge on any atom is -0.466 e. The predicted molar refractivity (Wildman–Crippen MR) is 53.1 cm³/mol. The average Bonchev–Trinajstić information content (AvgIpc) is 2.60. The minimum absolute atomic E-state index is 0. The maximum absolute atomic E-state index is 13.2. The molecule has 105 valence electrons. The Labute approximate surface area is 118 Å². The van der Waals surface area contributed by atoms with Gasteiger partial charge in [0.05, 0.1) is 12.7 Å². The number of alkyl halides is 4. The van der Waals surface area contributed by atoms with Gasteiger partial charge in [0.25, 0.3) is 5.92 Å². The molecule has 0 bridgehead atoms. The maximum atomic E-state index is 13.2. The molecule has 2 heterocycles. The van der Waals surface area contributed by atoms with Crippen LogP contribution in [0.3, 0.4) is 0 Å². The van der Waals surface area contributed by atoms with Crippen molar-refractivity contribution >= 4 is 0 Å². The number of nitrogens with one attached hydrogen (secondary N) is 1. The zero-order chi connectivity index (χ0) is 13.2. The molecule has 1 atom stereocenters.